The van der Waals surface area contributed by atoms with Gasteiger partial charge in [0, 0.05) is 22.9 Å². The predicted molar refractivity (Wildman–Crippen MR) is 110 cm³/mol. The minimum absolute atomic E-state index is 0.217. The quantitative estimate of drug-likeness (QED) is 0.360. The summed E-state index contributed by atoms with van der Waals surface area (Å²) in [6.07, 6.45) is 1.52. The highest BCUT2D eigenvalue weighted by molar-refractivity contribution is 6.47. The normalized spacial score (nSPS) is 10.7. The highest BCUT2D eigenvalue weighted by Crippen LogP contribution is 2.42. The molecule has 8 heteroatoms. The second-order valence-electron chi connectivity index (χ2n) is 5.17. The van der Waals surface area contributed by atoms with Crippen LogP contribution in [0.1, 0.15) is 5.56 Å². The van der Waals surface area contributed by atoms with Crippen LogP contribution in [0.5, 0.6) is 0 Å². The van der Waals surface area contributed by atoms with Crippen molar-refractivity contribution in [3.63, 3.8) is 0 Å². The number of nitriles is 1. The van der Waals surface area contributed by atoms with Crippen LogP contribution in [-0.4, -0.2) is 4.98 Å². The maximum absolute atomic E-state index is 9.59. The summed E-state index contributed by atoms with van der Waals surface area (Å²) in [5, 5.41) is 11.4. The van der Waals surface area contributed by atoms with Crippen molar-refractivity contribution in [3.05, 3.63) is 72.2 Å². The smallest absolute Gasteiger partial charge is 0.101 e. The number of hydrogen-bond acceptors (Lipinski definition) is 2. The first-order valence-electron chi connectivity index (χ1n) is 7.03. The maximum Gasteiger partial charge on any atom is 0.101 e. The molecule has 0 aliphatic carbocycles. The van der Waals surface area contributed by atoms with Gasteiger partial charge in [-0.2, -0.15) is 5.26 Å². The lowest BCUT2D eigenvalue weighted by atomic mass is 10.0. The second-order valence-corrected chi connectivity index (χ2v) is 7.55. The molecule has 1 aromatic heterocycles. The molecule has 0 amide bonds. The van der Waals surface area contributed by atoms with Crippen LogP contribution in [0.25, 0.3) is 22.4 Å². The van der Waals surface area contributed by atoms with Crippen LogP contribution >= 0.6 is 69.6 Å². The van der Waals surface area contributed by atoms with Gasteiger partial charge in [0.05, 0.1) is 41.4 Å². The number of aromatic nitrogens is 1. The molecule has 2 nitrogen and oxygen atoms in total. The fourth-order valence-corrected chi connectivity index (χ4v) is 3.88. The van der Waals surface area contributed by atoms with Gasteiger partial charge in [-0.15, -0.1) is 0 Å². The van der Waals surface area contributed by atoms with Crippen LogP contribution in [0.2, 0.25) is 30.1 Å². The number of rotatable bonds is 2. The topological polar surface area (TPSA) is 36.7 Å². The third-order valence-corrected chi connectivity index (χ3v) is 5.86. The molecule has 0 fully saturated rings. The van der Waals surface area contributed by atoms with Gasteiger partial charge in [0.25, 0.3) is 0 Å². The Labute approximate surface area is 179 Å². The molecule has 0 bridgehead atoms. The largest absolute Gasteiger partial charge is 0.254 e. The summed E-state index contributed by atoms with van der Waals surface area (Å²) in [6.45, 7) is 0. The molecule has 130 valence electrons. The van der Waals surface area contributed by atoms with Crippen molar-refractivity contribution >= 4 is 69.6 Å². The Kier molecular flexibility index (Phi) is 5.89. The number of benzene rings is 2. The summed E-state index contributed by atoms with van der Waals surface area (Å²) >= 11 is 37.2. The first-order valence-corrected chi connectivity index (χ1v) is 9.29. The third kappa shape index (κ3) is 3.49. The molecular weight excluding hydrogens is 457 g/mol. The summed E-state index contributed by atoms with van der Waals surface area (Å²) in [6, 6.07) is 10.1. The van der Waals surface area contributed by atoms with Crippen LogP contribution in [0.4, 0.5) is 0 Å². The van der Waals surface area contributed by atoms with Gasteiger partial charge >= 0.3 is 0 Å². The van der Waals surface area contributed by atoms with Crippen LogP contribution in [-0.2, 0) is 0 Å². The van der Waals surface area contributed by atoms with Crippen molar-refractivity contribution in [2.45, 2.75) is 0 Å². The number of hydrogen-bond donors (Lipinski definition) is 0. The van der Waals surface area contributed by atoms with E-state index in [2.05, 4.69) is 11.1 Å². The molecule has 0 radical (unpaired) electrons. The molecule has 0 atom stereocenters. The number of halogens is 6. The van der Waals surface area contributed by atoms with Gasteiger partial charge in [0.2, 0.25) is 0 Å². The minimum atomic E-state index is 0.217. The van der Waals surface area contributed by atoms with E-state index in [1.165, 1.54) is 6.20 Å². The van der Waals surface area contributed by atoms with Crippen LogP contribution in [0, 0.1) is 11.3 Å². The summed E-state index contributed by atoms with van der Waals surface area (Å²) in [5.74, 6) is 0. The fourth-order valence-electron chi connectivity index (χ4n) is 2.42. The number of pyridine rings is 1. The van der Waals surface area contributed by atoms with Gasteiger partial charge in [-0.05, 0) is 30.3 Å². The van der Waals surface area contributed by atoms with E-state index < -0.39 is 0 Å². The zero-order valence-electron chi connectivity index (χ0n) is 12.6. The van der Waals surface area contributed by atoms with Gasteiger partial charge in [0.15, 0.2) is 0 Å². The molecule has 0 N–H and O–H groups in total. The van der Waals surface area contributed by atoms with E-state index >= 15 is 0 Å². The molecular formula is C18H6Cl6N2. The zero-order chi connectivity index (χ0) is 19.0. The molecule has 0 aliphatic rings. The van der Waals surface area contributed by atoms with Crippen LogP contribution < -0.4 is 0 Å². The highest BCUT2D eigenvalue weighted by Gasteiger charge is 2.19. The van der Waals surface area contributed by atoms with E-state index in [1.54, 1.807) is 30.3 Å². The summed E-state index contributed by atoms with van der Waals surface area (Å²) < 4.78 is 0. The Balaban J connectivity index is 2.26. The van der Waals surface area contributed by atoms with E-state index in [1.807, 2.05) is 0 Å². The fraction of sp³-hybridized carbons (Fsp3) is 0. The summed E-state index contributed by atoms with van der Waals surface area (Å²) in [7, 11) is 0. The van der Waals surface area contributed by atoms with Gasteiger partial charge in [-0.3, -0.25) is 4.98 Å². The predicted octanol–water partition coefficient (Wildman–Crippen LogP) is 8.21. The van der Waals surface area contributed by atoms with Crippen LogP contribution in [0.15, 0.2) is 36.5 Å². The molecule has 0 aliphatic heterocycles. The van der Waals surface area contributed by atoms with E-state index in [4.69, 9.17) is 69.6 Å². The molecule has 1 heterocycles. The lowest BCUT2D eigenvalue weighted by Gasteiger charge is -2.13. The van der Waals surface area contributed by atoms with Crippen LogP contribution in [0.3, 0.4) is 0 Å². The van der Waals surface area contributed by atoms with E-state index in [-0.39, 0.29) is 15.6 Å². The Bertz CT molecular complexity index is 1070. The van der Waals surface area contributed by atoms with Gasteiger partial charge in [-0.1, -0.05) is 69.6 Å². The van der Waals surface area contributed by atoms with Crippen molar-refractivity contribution in [2.75, 3.05) is 0 Å². The lowest BCUT2D eigenvalue weighted by molar-refractivity contribution is 1.30. The molecule has 0 saturated heterocycles. The second kappa shape index (κ2) is 7.82. The first kappa shape index (κ1) is 19.6. The van der Waals surface area contributed by atoms with Crippen molar-refractivity contribution in [3.8, 4) is 28.5 Å². The minimum Gasteiger partial charge on any atom is -0.254 e. The van der Waals surface area contributed by atoms with Gasteiger partial charge < -0.3 is 0 Å². The van der Waals surface area contributed by atoms with Crippen molar-refractivity contribution in [1.82, 2.24) is 4.98 Å². The molecule has 0 spiro atoms. The Morgan fingerprint density at radius 1 is 0.731 bits per heavy atom. The van der Waals surface area contributed by atoms with Gasteiger partial charge in [0.1, 0.15) is 6.07 Å². The lowest BCUT2D eigenvalue weighted by Crippen LogP contribution is -1.94. The average molecular weight is 463 g/mol. The van der Waals surface area contributed by atoms with Crippen molar-refractivity contribution in [1.29, 1.82) is 5.26 Å². The highest BCUT2D eigenvalue weighted by atomic mass is 35.5. The Morgan fingerprint density at radius 2 is 1.23 bits per heavy atom. The van der Waals surface area contributed by atoms with E-state index in [0.717, 1.165) is 0 Å². The Morgan fingerprint density at radius 3 is 1.81 bits per heavy atom. The summed E-state index contributed by atoms with van der Waals surface area (Å²) in [4.78, 5) is 4.36. The standard InChI is InChI=1S/C18H6Cl6N2/c19-10-1-3-12(21)16(23)14(10)9-5-8(6-25)18(26-7-9)15-11(20)2-4-13(22)17(15)24/h1-5,7H. The molecule has 3 aromatic rings. The summed E-state index contributed by atoms with van der Waals surface area (Å²) in [5.41, 5.74) is 1.95. The molecule has 0 unspecified atom stereocenters. The first-order chi connectivity index (χ1) is 12.3. The van der Waals surface area contributed by atoms with Gasteiger partial charge in [-0.25, -0.2) is 0 Å². The molecule has 3 rings (SSSR count). The third-order valence-electron chi connectivity index (χ3n) is 3.62. The Hall–Kier alpha value is -1.18. The van der Waals surface area contributed by atoms with Crippen molar-refractivity contribution < 1.29 is 0 Å². The maximum atomic E-state index is 9.59. The molecule has 2 aromatic carbocycles. The zero-order valence-corrected chi connectivity index (χ0v) is 17.2. The SMILES string of the molecule is N#Cc1cc(-c2c(Cl)ccc(Cl)c2Cl)cnc1-c1c(Cl)ccc(Cl)c1Cl. The number of nitrogens with zero attached hydrogens (tertiary/aromatic N) is 2. The molecule has 26 heavy (non-hydrogen) atoms. The molecule has 0 saturated carbocycles. The van der Waals surface area contributed by atoms with E-state index in [0.29, 0.717) is 42.5 Å². The van der Waals surface area contributed by atoms with Crippen molar-refractivity contribution in [2.24, 2.45) is 0 Å². The average Bonchev–Trinajstić information content (AvgIpc) is 2.63. The monoisotopic (exact) mass is 460 g/mol. The van der Waals surface area contributed by atoms with E-state index in [9.17, 15) is 5.26 Å².